The summed E-state index contributed by atoms with van der Waals surface area (Å²) in [7, 11) is 1.22. The number of hydrogen-bond acceptors (Lipinski definition) is 5. The molecule has 0 saturated carbocycles. The second-order valence-electron chi connectivity index (χ2n) is 6.19. The summed E-state index contributed by atoms with van der Waals surface area (Å²) in [5.41, 5.74) is 0.617. The van der Waals surface area contributed by atoms with Crippen molar-refractivity contribution in [1.29, 1.82) is 0 Å². The van der Waals surface area contributed by atoms with E-state index in [1.54, 1.807) is 11.8 Å². The van der Waals surface area contributed by atoms with Crippen LogP contribution in [0.1, 0.15) is 45.0 Å². The number of carbonyl (C=O) groups excluding carboxylic acids is 3. The van der Waals surface area contributed by atoms with E-state index in [0.29, 0.717) is 23.5 Å². The predicted molar refractivity (Wildman–Crippen MR) is 117 cm³/mol. The monoisotopic (exact) mass is 452 g/mol. The van der Waals surface area contributed by atoms with Crippen molar-refractivity contribution in [2.45, 2.75) is 20.8 Å². The van der Waals surface area contributed by atoms with Gasteiger partial charge in [-0.2, -0.15) is 0 Å². The first-order valence-electron chi connectivity index (χ1n) is 9.19. The van der Waals surface area contributed by atoms with Gasteiger partial charge in [0.1, 0.15) is 10.8 Å². The largest absolute Gasteiger partial charge is 0.465 e. The minimum Gasteiger partial charge on any atom is -0.465 e. The molecule has 1 aromatic heterocycles. The summed E-state index contributed by atoms with van der Waals surface area (Å²) in [6, 6.07) is 4.19. The molecule has 1 N–H and O–H groups in total. The van der Waals surface area contributed by atoms with E-state index in [4.69, 9.17) is 16.3 Å². The molecule has 9 heteroatoms. The van der Waals surface area contributed by atoms with Crippen molar-refractivity contribution in [2.75, 3.05) is 25.5 Å². The Hall–Kier alpha value is -2.71. The summed E-state index contributed by atoms with van der Waals surface area (Å²) >= 11 is 6.95. The molecular weight excluding hydrogens is 431 g/mol. The molecule has 0 aliphatic heterocycles. The van der Waals surface area contributed by atoms with Gasteiger partial charge in [0.15, 0.2) is 0 Å². The van der Waals surface area contributed by atoms with E-state index in [1.165, 1.54) is 31.4 Å². The standard InChI is InChI=1S/C21H22ClFN2O4S/c1-5-25(6-2)20(27)18-12(3)17(21(28)29-4)19(30-18)24-16(26)11-10-13-14(22)8-7-9-15(13)23/h7-11H,5-6H2,1-4H3,(H,24,26)/b11-10+. The Morgan fingerprint density at radius 2 is 1.93 bits per heavy atom. The highest BCUT2D eigenvalue weighted by molar-refractivity contribution is 7.18. The van der Waals surface area contributed by atoms with Gasteiger partial charge in [0, 0.05) is 24.7 Å². The van der Waals surface area contributed by atoms with Crippen molar-refractivity contribution in [3.05, 3.63) is 56.7 Å². The number of nitrogens with one attached hydrogen (secondary N) is 1. The maximum atomic E-state index is 13.9. The third-order valence-corrected chi connectivity index (χ3v) is 5.94. The molecule has 0 aliphatic rings. The SMILES string of the molecule is CCN(CC)C(=O)c1sc(NC(=O)/C=C/c2c(F)cccc2Cl)c(C(=O)OC)c1C. The minimum absolute atomic E-state index is 0.0715. The lowest BCUT2D eigenvalue weighted by Gasteiger charge is -2.17. The van der Waals surface area contributed by atoms with Gasteiger partial charge in [0.05, 0.1) is 22.6 Å². The van der Waals surface area contributed by atoms with Gasteiger partial charge in [0.2, 0.25) is 5.91 Å². The molecule has 0 aliphatic carbocycles. The number of nitrogens with zero attached hydrogens (tertiary/aromatic N) is 1. The minimum atomic E-state index is -0.668. The molecule has 1 heterocycles. The Bertz CT molecular complexity index is 979. The Morgan fingerprint density at radius 1 is 1.27 bits per heavy atom. The zero-order valence-electron chi connectivity index (χ0n) is 17.0. The summed E-state index contributed by atoms with van der Waals surface area (Å²) in [5.74, 6) is -2.08. The van der Waals surface area contributed by atoms with Crippen LogP contribution in [0, 0.1) is 12.7 Å². The molecule has 2 rings (SSSR count). The molecular formula is C21H22ClFN2O4S. The fourth-order valence-corrected chi connectivity index (χ4v) is 4.18. The van der Waals surface area contributed by atoms with Gasteiger partial charge in [-0.15, -0.1) is 11.3 Å². The van der Waals surface area contributed by atoms with E-state index < -0.39 is 17.7 Å². The van der Waals surface area contributed by atoms with Crippen molar-refractivity contribution in [1.82, 2.24) is 4.90 Å². The molecule has 30 heavy (non-hydrogen) atoms. The third-order valence-electron chi connectivity index (χ3n) is 4.42. The van der Waals surface area contributed by atoms with Gasteiger partial charge in [-0.1, -0.05) is 17.7 Å². The van der Waals surface area contributed by atoms with E-state index in [2.05, 4.69) is 5.32 Å². The number of carbonyl (C=O) groups is 3. The maximum absolute atomic E-state index is 13.9. The molecule has 1 aromatic carbocycles. The fraction of sp³-hybridized carbons (Fsp3) is 0.286. The van der Waals surface area contributed by atoms with Crippen molar-refractivity contribution < 1.29 is 23.5 Å². The average Bonchev–Trinajstić information content (AvgIpc) is 3.03. The van der Waals surface area contributed by atoms with Crippen LogP contribution in [0.3, 0.4) is 0 Å². The number of benzene rings is 1. The molecule has 2 aromatic rings. The molecule has 0 unspecified atom stereocenters. The van der Waals surface area contributed by atoms with E-state index >= 15 is 0 Å². The second-order valence-corrected chi connectivity index (χ2v) is 7.62. The van der Waals surface area contributed by atoms with E-state index in [9.17, 15) is 18.8 Å². The highest BCUT2D eigenvalue weighted by Gasteiger charge is 2.27. The Balaban J connectivity index is 2.37. The first kappa shape index (κ1) is 23.6. The van der Waals surface area contributed by atoms with Gasteiger partial charge in [-0.05, 0) is 44.5 Å². The van der Waals surface area contributed by atoms with Crippen molar-refractivity contribution >= 4 is 51.8 Å². The highest BCUT2D eigenvalue weighted by atomic mass is 35.5. The van der Waals surface area contributed by atoms with Gasteiger partial charge in [-0.25, -0.2) is 9.18 Å². The van der Waals surface area contributed by atoms with Gasteiger partial charge in [-0.3, -0.25) is 9.59 Å². The van der Waals surface area contributed by atoms with Crippen LogP contribution >= 0.6 is 22.9 Å². The zero-order chi connectivity index (χ0) is 22.4. The fourth-order valence-electron chi connectivity index (χ4n) is 2.79. The van der Waals surface area contributed by atoms with Crippen LogP contribution in [-0.2, 0) is 9.53 Å². The quantitative estimate of drug-likeness (QED) is 0.485. The summed E-state index contributed by atoms with van der Waals surface area (Å²) in [5, 5.41) is 2.93. The molecule has 0 spiro atoms. The van der Waals surface area contributed by atoms with Crippen LogP contribution in [0.2, 0.25) is 5.02 Å². The number of esters is 1. The summed E-state index contributed by atoms with van der Waals surface area (Å²) < 4.78 is 18.7. The van der Waals surface area contributed by atoms with Crippen LogP contribution in [-0.4, -0.2) is 42.9 Å². The second kappa shape index (κ2) is 10.4. The van der Waals surface area contributed by atoms with Crippen LogP contribution in [0.4, 0.5) is 9.39 Å². The Morgan fingerprint density at radius 3 is 2.50 bits per heavy atom. The smallest absolute Gasteiger partial charge is 0.341 e. The van der Waals surface area contributed by atoms with E-state index in [0.717, 1.165) is 17.4 Å². The number of halogens is 2. The predicted octanol–water partition coefficient (Wildman–Crippen LogP) is 4.77. The molecule has 160 valence electrons. The number of methoxy groups -OCH3 is 1. The lowest BCUT2D eigenvalue weighted by molar-refractivity contribution is -0.111. The summed E-state index contributed by atoms with van der Waals surface area (Å²) in [4.78, 5) is 39.4. The maximum Gasteiger partial charge on any atom is 0.341 e. The van der Waals surface area contributed by atoms with Gasteiger partial charge < -0.3 is 15.0 Å². The lowest BCUT2D eigenvalue weighted by Crippen LogP contribution is -2.30. The van der Waals surface area contributed by atoms with Crippen LogP contribution in [0.25, 0.3) is 6.08 Å². The van der Waals surface area contributed by atoms with Crippen molar-refractivity contribution in [3.8, 4) is 0 Å². The number of hydrogen-bond donors (Lipinski definition) is 1. The zero-order valence-corrected chi connectivity index (χ0v) is 18.6. The topological polar surface area (TPSA) is 75.7 Å². The first-order chi connectivity index (χ1) is 14.2. The normalized spacial score (nSPS) is 10.9. The summed E-state index contributed by atoms with van der Waals surface area (Å²) in [6.07, 6.45) is 2.35. The number of anilines is 1. The van der Waals surface area contributed by atoms with E-state index in [1.807, 2.05) is 13.8 Å². The van der Waals surface area contributed by atoms with Gasteiger partial charge in [0.25, 0.3) is 5.91 Å². The molecule has 0 radical (unpaired) electrons. The van der Waals surface area contributed by atoms with Crippen LogP contribution in [0.15, 0.2) is 24.3 Å². The van der Waals surface area contributed by atoms with Crippen LogP contribution < -0.4 is 5.32 Å². The third kappa shape index (κ3) is 5.06. The average molecular weight is 453 g/mol. The number of thiophene rings is 1. The molecule has 0 saturated heterocycles. The Labute approximate surface area is 183 Å². The molecule has 2 amide bonds. The first-order valence-corrected chi connectivity index (χ1v) is 10.4. The summed E-state index contributed by atoms with van der Waals surface area (Å²) in [6.45, 7) is 6.35. The number of rotatable bonds is 7. The lowest BCUT2D eigenvalue weighted by atomic mass is 10.1. The number of ether oxygens (including phenoxy) is 1. The van der Waals surface area contributed by atoms with Crippen molar-refractivity contribution in [2.24, 2.45) is 0 Å². The molecule has 0 bridgehead atoms. The highest BCUT2D eigenvalue weighted by Crippen LogP contribution is 2.34. The Kier molecular flexibility index (Phi) is 8.14. The van der Waals surface area contributed by atoms with E-state index in [-0.39, 0.29) is 27.1 Å². The molecule has 0 fully saturated rings. The van der Waals surface area contributed by atoms with Crippen molar-refractivity contribution in [3.63, 3.8) is 0 Å². The molecule has 0 atom stereocenters. The molecule has 6 nitrogen and oxygen atoms in total. The van der Waals surface area contributed by atoms with Gasteiger partial charge >= 0.3 is 5.97 Å². The van der Waals surface area contributed by atoms with Crippen LogP contribution in [0.5, 0.6) is 0 Å². The number of amides is 2.